The fourth-order valence-corrected chi connectivity index (χ4v) is 10.2. The molecule has 2 saturated heterocycles. The predicted molar refractivity (Wildman–Crippen MR) is 174 cm³/mol. The standard InChI is InChI=1S/C36H60N4O5/c1-23(2)39-20-13-12-17-25(39)29(41)37-27(24-15-10-9-11-16-24)30(42)38-28(33(3,4)5)31(43)40-22-36(21-26(40)32(44)45-8)34(6,7)35(36)18-14-19-35/h23-28H,9-22H2,1-8H3,(H,37,41)(H,38,42). The average Bonchev–Trinajstić information content (AvgIpc) is 3.20. The van der Waals surface area contributed by atoms with Gasteiger partial charge in [0.1, 0.15) is 18.1 Å². The lowest BCUT2D eigenvalue weighted by Crippen LogP contribution is -2.62. The van der Waals surface area contributed by atoms with Crippen molar-refractivity contribution in [2.24, 2.45) is 27.6 Å². The van der Waals surface area contributed by atoms with Gasteiger partial charge in [0.25, 0.3) is 0 Å². The van der Waals surface area contributed by atoms with Gasteiger partial charge in [0.15, 0.2) is 0 Å². The van der Waals surface area contributed by atoms with Crippen LogP contribution in [0.3, 0.4) is 0 Å². The van der Waals surface area contributed by atoms with Crippen LogP contribution in [0.2, 0.25) is 0 Å². The van der Waals surface area contributed by atoms with E-state index in [0.29, 0.717) is 13.0 Å². The van der Waals surface area contributed by atoms with Gasteiger partial charge in [0.05, 0.1) is 13.2 Å². The largest absolute Gasteiger partial charge is 0.467 e. The molecule has 5 rings (SSSR count). The molecule has 0 aromatic carbocycles. The molecule has 3 saturated carbocycles. The van der Waals surface area contributed by atoms with Crippen molar-refractivity contribution in [3.05, 3.63) is 0 Å². The van der Waals surface area contributed by atoms with Crippen LogP contribution < -0.4 is 10.6 Å². The quantitative estimate of drug-likeness (QED) is 0.374. The monoisotopic (exact) mass is 628 g/mol. The lowest BCUT2D eigenvalue weighted by atomic mass is 9.73. The van der Waals surface area contributed by atoms with Gasteiger partial charge in [-0.05, 0) is 87.5 Å². The number of rotatable bonds is 8. The maximum absolute atomic E-state index is 14.6. The van der Waals surface area contributed by atoms with Gasteiger partial charge in [-0.15, -0.1) is 0 Å². The number of methoxy groups -OCH3 is 1. The number of hydrogen-bond acceptors (Lipinski definition) is 6. The number of fused-ring (bicyclic) bond motifs is 1. The van der Waals surface area contributed by atoms with Crippen LogP contribution >= 0.6 is 0 Å². The van der Waals surface area contributed by atoms with E-state index in [9.17, 15) is 19.2 Å². The van der Waals surface area contributed by atoms with Gasteiger partial charge in [-0.2, -0.15) is 0 Å². The third kappa shape index (κ3) is 5.71. The minimum Gasteiger partial charge on any atom is -0.467 e. The molecule has 2 N–H and O–H groups in total. The number of nitrogens with one attached hydrogen (secondary N) is 2. The number of carbonyl (C=O) groups is 4. The summed E-state index contributed by atoms with van der Waals surface area (Å²) in [6.07, 6.45) is 11.9. The van der Waals surface area contributed by atoms with Gasteiger partial charge >= 0.3 is 5.97 Å². The van der Waals surface area contributed by atoms with Gasteiger partial charge in [-0.1, -0.05) is 66.7 Å². The zero-order chi connectivity index (χ0) is 32.9. The van der Waals surface area contributed by atoms with E-state index in [4.69, 9.17) is 4.74 Å². The fraction of sp³-hybridized carbons (Fsp3) is 0.889. The van der Waals surface area contributed by atoms with Crippen molar-refractivity contribution in [3.8, 4) is 0 Å². The second kappa shape index (κ2) is 12.5. The van der Waals surface area contributed by atoms with Crippen LogP contribution in [0.15, 0.2) is 0 Å². The van der Waals surface area contributed by atoms with Gasteiger partial charge in [-0.25, -0.2) is 4.79 Å². The number of nitrogens with zero attached hydrogens (tertiary/aromatic N) is 2. The Labute approximate surface area is 271 Å². The van der Waals surface area contributed by atoms with Crippen molar-refractivity contribution in [1.29, 1.82) is 0 Å². The van der Waals surface area contributed by atoms with Crippen LogP contribution in [-0.2, 0) is 23.9 Å². The first-order chi connectivity index (χ1) is 21.1. The Morgan fingerprint density at radius 2 is 1.49 bits per heavy atom. The molecule has 9 nitrogen and oxygen atoms in total. The number of ether oxygens (including phenoxy) is 1. The van der Waals surface area contributed by atoms with E-state index < -0.39 is 23.5 Å². The molecule has 0 bridgehead atoms. The van der Waals surface area contributed by atoms with Gasteiger partial charge < -0.3 is 20.3 Å². The molecule has 2 aliphatic heterocycles. The summed E-state index contributed by atoms with van der Waals surface area (Å²) >= 11 is 0. The maximum atomic E-state index is 14.6. The first-order valence-corrected chi connectivity index (χ1v) is 17.9. The first-order valence-electron chi connectivity index (χ1n) is 17.9. The van der Waals surface area contributed by atoms with Crippen molar-refractivity contribution in [2.75, 3.05) is 20.2 Å². The molecule has 9 heteroatoms. The van der Waals surface area contributed by atoms with Crippen molar-refractivity contribution >= 4 is 23.7 Å². The Morgan fingerprint density at radius 3 is 2.02 bits per heavy atom. The summed E-state index contributed by atoms with van der Waals surface area (Å²) < 4.78 is 5.24. The maximum Gasteiger partial charge on any atom is 0.328 e. The molecular formula is C36H60N4O5. The molecule has 0 aromatic rings. The van der Waals surface area contributed by atoms with E-state index in [1.165, 1.54) is 13.5 Å². The third-order valence-electron chi connectivity index (χ3n) is 13.2. The zero-order valence-corrected chi connectivity index (χ0v) is 29.3. The highest BCUT2D eigenvalue weighted by atomic mass is 16.5. The topological polar surface area (TPSA) is 108 Å². The normalized spacial score (nSPS) is 30.9. The van der Waals surface area contributed by atoms with E-state index in [0.717, 1.165) is 70.8 Å². The molecule has 5 fully saturated rings. The Bertz CT molecular complexity index is 1150. The summed E-state index contributed by atoms with van der Waals surface area (Å²) in [5.74, 6) is -0.959. The van der Waals surface area contributed by atoms with Crippen LogP contribution in [-0.4, -0.2) is 83.9 Å². The van der Waals surface area contributed by atoms with E-state index in [-0.39, 0.29) is 57.9 Å². The number of piperidine rings is 1. The minimum absolute atomic E-state index is 0.0260. The summed E-state index contributed by atoms with van der Waals surface area (Å²) in [6, 6.07) is -2.22. The first kappa shape index (κ1) is 34.2. The Morgan fingerprint density at radius 1 is 0.844 bits per heavy atom. The van der Waals surface area contributed by atoms with Crippen molar-refractivity contribution in [1.82, 2.24) is 20.4 Å². The Hall–Kier alpha value is -2.16. The van der Waals surface area contributed by atoms with Gasteiger partial charge in [0, 0.05) is 18.0 Å². The molecule has 3 amide bonds. The highest BCUT2D eigenvalue weighted by Crippen LogP contribution is 2.88. The van der Waals surface area contributed by atoms with E-state index >= 15 is 0 Å². The summed E-state index contributed by atoms with van der Waals surface area (Å²) in [6.45, 7) is 16.1. The number of amides is 3. The van der Waals surface area contributed by atoms with Crippen LogP contribution in [0.1, 0.15) is 126 Å². The Kier molecular flexibility index (Phi) is 9.46. The number of esters is 1. The van der Waals surface area contributed by atoms with Crippen molar-refractivity contribution in [2.45, 2.75) is 156 Å². The second-order valence-corrected chi connectivity index (χ2v) is 16.9. The molecule has 0 aromatic heterocycles. The number of carbonyl (C=O) groups excluding carboxylic acids is 4. The molecule has 2 spiro atoms. The molecule has 5 atom stereocenters. The van der Waals surface area contributed by atoms with E-state index in [1.54, 1.807) is 4.90 Å². The van der Waals surface area contributed by atoms with Crippen LogP contribution in [0.5, 0.6) is 0 Å². The summed E-state index contributed by atoms with van der Waals surface area (Å²) in [5.41, 5.74) is -0.518. The molecular weight excluding hydrogens is 568 g/mol. The third-order valence-corrected chi connectivity index (χ3v) is 13.2. The van der Waals surface area contributed by atoms with Gasteiger partial charge in [0.2, 0.25) is 17.7 Å². The second-order valence-electron chi connectivity index (χ2n) is 16.9. The predicted octanol–water partition coefficient (Wildman–Crippen LogP) is 4.82. The molecule has 2 heterocycles. The average molecular weight is 629 g/mol. The van der Waals surface area contributed by atoms with Crippen LogP contribution in [0.4, 0.5) is 0 Å². The van der Waals surface area contributed by atoms with Gasteiger partial charge in [-0.3, -0.25) is 19.3 Å². The minimum atomic E-state index is -0.851. The molecule has 45 heavy (non-hydrogen) atoms. The molecule has 254 valence electrons. The van der Waals surface area contributed by atoms with Crippen molar-refractivity contribution < 1.29 is 23.9 Å². The SMILES string of the molecule is COC(=O)C1CC2(CN1C(=O)C(NC(=O)C(NC(=O)C1CCCCN1C(C)C)C1CCCCC1)C(C)(C)C)C(C)(C)C21CCC1. The lowest BCUT2D eigenvalue weighted by molar-refractivity contribution is -0.153. The molecule has 5 unspecified atom stereocenters. The smallest absolute Gasteiger partial charge is 0.328 e. The summed E-state index contributed by atoms with van der Waals surface area (Å²) in [7, 11) is 1.39. The summed E-state index contributed by atoms with van der Waals surface area (Å²) in [4.78, 5) is 59.9. The van der Waals surface area contributed by atoms with E-state index in [1.807, 2.05) is 20.8 Å². The fourth-order valence-electron chi connectivity index (χ4n) is 10.2. The van der Waals surface area contributed by atoms with E-state index in [2.05, 4.69) is 43.2 Å². The highest BCUT2D eigenvalue weighted by molar-refractivity contribution is 5.95. The highest BCUT2D eigenvalue weighted by Gasteiger charge is 2.85. The van der Waals surface area contributed by atoms with Crippen LogP contribution in [0, 0.1) is 27.6 Å². The number of likely N-dealkylation sites (tertiary alicyclic amines) is 2. The Balaban J connectivity index is 1.39. The van der Waals surface area contributed by atoms with Crippen molar-refractivity contribution in [3.63, 3.8) is 0 Å². The lowest BCUT2D eigenvalue weighted by Gasteiger charge is -2.40. The number of hydrogen-bond donors (Lipinski definition) is 2. The summed E-state index contributed by atoms with van der Waals surface area (Å²) in [5, 5.41) is 6.37. The van der Waals surface area contributed by atoms with Crippen LogP contribution in [0.25, 0.3) is 0 Å². The molecule has 5 aliphatic rings. The molecule has 3 aliphatic carbocycles. The molecule has 0 radical (unpaired) electrons. The zero-order valence-electron chi connectivity index (χ0n) is 29.3.